The Hall–Kier alpha value is -3.21. The molecule has 1 aliphatic carbocycles. The third-order valence-electron chi connectivity index (χ3n) is 5.49. The Morgan fingerprint density at radius 3 is 2.31 bits per heavy atom. The Balaban J connectivity index is 0.000000269. The van der Waals surface area contributed by atoms with Crippen LogP contribution >= 0.6 is 0 Å². The highest BCUT2D eigenvalue weighted by molar-refractivity contribution is 5.72. The summed E-state index contributed by atoms with van der Waals surface area (Å²) in [5.41, 5.74) is 2.58. The van der Waals surface area contributed by atoms with E-state index < -0.39 is 11.6 Å². The number of hydrogen-bond donors (Lipinski definition) is 0. The molecule has 32 heavy (non-hydrogen) atoms. The Morgan fingerprint density at radius 2 is 1.62 bits per heavy atom. The van der Waals surface area contributed by atoms with Gasteiger partial charge in [-0.25, -0.2) is 8.78 Å². The van der Waals surface area contributed by atoms with Gasteiger partial charge in [-0.3, -0.25) is 4.79 Å². The number of benzene rings is 3. The maximum Gasteiger partial charge on any atom is 0.308 e. The molecule has 0 atom stereocenters. The monoisotopic (exact) mass is 438 g/mol. The molecule has 168 valence electrons. The fourth-order valence-electron chi connectivity index (χ4n) is 3.77. The summed E-state index contributed by atoms with van der Waals surface area (Å²) in [5.74, 6) is -0.631. The van der Waals surface area contributed by atoms with Crippen molar-refractivity contribution in [2.75, 3.05) is 7.11 Å². The van der Waals surface area contributed by atoms with E-state index in [-0.39, 0.29) is 24.2 Å². The van der Waals surface area contributed by atoms with E-state index in [0.717, 1.165) is 24.0 Å². The van der Waals surface area contributed by atoms with E-state index in [1.165, 1.54) is 32.1 Å². The van der Waals surface area contributed by atoms with E-state index in [4.69, 9.17) is 4.74 Å². The van der Waals surface area contributed by atoms with Crippen molar-refractivity contribution in [2.45, 2.75) is 39.2 Å². The quantitative estimate of drug-likeness (QED) is 0.408. The van der Waals surface area contributed by atoms with E-state index in [2.05, 4.69) is 4.74 Å². The molecule has 0 bridgehead atoms. The van der Waals surface area contributed by atoms with Crippen molar-refractivity contribution >= 4 is 5.97 Å². The Kier molecular flexibility index (Phi) is 8.37. The van der Waals surface area contributed by atoms with Gasteiger partial charge in [-0.05, 0) is 43.5 Å². The molecule has 0 unspecified atom stereocenters. The maximum absolute atomic E-state index is 14.2. The van der Waals surface area contributed by atoms with E-state index >= 15 is 0 Å². The second-order valence-corrected chi connectivity index (χ2v) is 7.88. The molecule has 3 nitrogen and oxygen atoms in total. The van der Waals surface area contributed by atoms with Crippen molar-refractivity contribution in [1.82, 2.24) is 0 Å². The summed E-state index contributed by atoms with van der Waals surface area (Å²) in [7, 11) is 1.46. The van der Waals surface area contributed by atoms with Crippen LogP contribution in [0.15, 0.2) is 66.7 Å². The number of esters is 1. The van der Waals surface area contributed by atoms with Crippen molar-refractivity contribution in [3.63, 3.8) is 0 Å². The average molecular weight is 439 g/mol. The molecule has 3 aromatic rings. The molecule has 4 rings (SSSR count). The first-order valence-corrected chi connectivity index (χ1v) is 10.8. The van der Waals surface area contributed by atoms with Gasteiger partial charge in [0.1, 0.15) is 12.4 Å². The fraction of sp³-hybridized carbons (Fsp3) is 0.296. The van der Waals surface area contributed by atoms with Gasteiger partial charge in [-0.1, -0.05) is 66.9 Å². The third kappa shape index (κ3) is 6.16. The summed E-state index contributed by atoms with van der Waals surface area (Å²) in [4.78, 5) is 10.8. The Labute approximate surface area is 188 Å². The number of halogens is 2. The summed E-state index contributed by atoms with van der Waals surface area (Å²) in [6.45, 7) is 2.09. The molecule has 1 fully saturated rings. The first kappa shape index (κ1) is 23.5. The predicted octanol–water partition coefficient (Wildman–Crippen LogP) is 6.87. The van der Waals surface area contributed by atoms with Gasteiger partial charge in [0.05, 0.1) is 13.0 Å². The number of carbonyl (C=O) groups excluding carboxylic acids is 1. The van der Waals surface area contributed by atoms with E-state index in [1.54, 1.807) is 24.3 Å². The molecule has 3 aromatic carbocycles. The van der Waals surface area contributed by atoms with Crippen LogP contribution in [0, 0.1) is 24.5 Å². The van der Waals surface area contributed by atoms with Crippen molar-refractivity contribution < 1.29 is 23.0 Å². The Bertz CT molecular complexity index is 1030. The zero-order chi connectivity index (χ0) is 22.9. The van der Waals surface area contributed by atoms with E-state index in [9.17, 15) is 13.6 Å². The smallest absolute Gasteiger partial charge is 0.308 e. The van der Waals surface area contributed by atoms with E-state index in [0.29, 0.717) is 11.1 Å². The van der Waals surface area contributed by atoms with Gasteiger partial charge in [0.25, 0.3) is 0 Å². The summed E-state index contributed by atoms with van der Waals surface area (Å²) >= 11 is 0. The van der Waals surface area contributed by atoms with Crippen LogP contribution in [-0.4, -0.2) is 13.1 Å². The fourth-order valence-corrected chi connectivity index (χ4v) is 3.77. The molecule has 0 aromatic heterocycles. The second kappa shape index (κ2) is 11.4. The number of methoxy groups -OCH3 is 1. The second-order valence-electron chi connectivity index (χ2n) is 7.88. The molecule has 0 N–H and O–H groups in total. The van der Waals surface area contributed by atoms with Gasteiger partial charge >= 0.3 is 5.97 Å². The predicted molar refractivity (Wildman–Crippen MR) is 121 cm³/mol. The van der Waals surface area contributed by atoms with Gasteiger partial charge in [-0.15, -0.1) is 0 Å². The van der Waals surface area contributed by atoms with Crippen LogP contribution in [0.4, 0.5) is 8.78 Å². The van der Waals surface area contributed by atoms with Gasteiger partial charge < -0.3 is 9.47 Å². The number of carbonyl (C=O) groups is 1. The zero-order valence-electron chi connectivity index (χ0n) is 18.4. The normalized spacial score (nSPS) is 13.2. The highest BCUT2D eigenvalue weighted by atomic mass is 19.1. The van der Waals surface area contributed by atoms with Gasteiger partial charge in [0.15, 0.2) is 11.6 Å². The minimum absolute atomic E-state index is 0.0208. The first-order valence-electron chi connectivity index (χ1n) is 10.8. The lowest BCUT2D eigenvalue weighted by molar-refractivity contribution is -0.145. The lowest BCUT2D eigenvalue weighted by atomic mass is 10.0. The molecule has 0 saturated heterocycles. The summed E-state index contributed by atoms with van der Waals surface area (Å²) in [5, 5.41) is 0. The molecule has 0 heterocycles. The molecular weight excluding hydrogens is 410 g/mol. The average Bonchev–Trinajstić information content (AvgIpc) is 3.35. The topological polar surface area (TPSA) is 35.5 Å². The number of ether oxygens (including phenoxy) is 2. The van der Waals surface area contributed by atoms with Crippen LogP contribution in [0.3, 0.4) is 0 Å². The lowest BCUT2D eigenvalue weighted by Crippen LogP contribution is -2.11. The van der Waals surface area contributed by atoms with Crippen LogP contribution in [-0.2, 0) is 16.1 Å². The third-order valence-corrected chi connectivity index (χ3v) is 5.49. The first-order chi connectivity index (χ1) is 15.5. The van der Waals surface area contributed by atoms with Crippen LogP contribution in [0.25, 0.3) is 11.1 Å². The number of para-hydroxylation sites is 1. The summed E-state index contributed by atoms with van der Waals surface area (Å²) < 4.78 is 38.6. The highest BCUT2D eigenvalue weighted by Gasteiger charge is 2.22. The van der Waals surface area contributed by atoms with Crippen LogP contribution < -0.4 is 4.74 Å². The van der Waals surface area contributed by atoms with Crippen LogP contribution in [0.1, 0.15) is 36.8 Å². The summed E-state index contributed by atoms with van der Waals surface area (Å²) in [6, 6.07) is 18.8. The minimum Gasteiger partial charge on any atom is -0.485 e. The van der Waals surface area contributed by atoms with Gasteiger partial charge in [0.2, 0.25) is 0 Å². The van der Waals surface area contributed by atoms with Gasteiger partial charge in [0, 0.05) is 11.1 Å². The largest absolute Gasteiger partial charge is 0.485 e. The Morgan fingerprint density at radius 1 is 0.906 bits per heavy atom. The molecule has 0 aliphatic heterocycles. The van der Waals surface area contributed by atoms with Crippen LogP contribution in [0.2, 0.25) is 0 Å². The number of aryl methyl sites for hydroxylation is 1. The number of hydrogen-bond acceptors (Lipinski definition) is 3. The SMILES string of the molecule is COC(=O)C1CCCC1.Cc1ccc(F)c(-c2cccc(F)c2OCc2ccccc2)c1. The zero-order valence-corrected chi connectivity index (χ0v) is 18.4. The van der Waals surface area contributed by atoms with Crippen LogP contribution in [0.5, 0.6) is 5.75 Å². The lowest BCUT2D eigenvalue weighted by Gasteiger charge is -2.14. The molecule has 0 spiro atoms. The molecule has 0 radical (unpaired) electrons. The molecule has 1 saturated carbocycles. The van der Waals surface area contributed by atoms with Crippen molar-refractivity contribution in [2.24, 2.45) is 5.92 Å². The molecule has 1 aliphatic rings. The van der Waals surface area contributed by atoms with Crippen molar-refractivity contribution in [1.29, 1.82) is 0 Å². The maximum atomic E-state index is 14.2. The molecule has 0 amide bonds. The minimum atomic E-state index is -0.501. The van der Waals surface area contributed by atoms with Gasteiger partial charge in [-0.2, -0.15) is 0 Å². The number of rotatable bonds is 5. The summed E-state index contributed by atoms with van der Waals surface area (Å²) in [6.07, 6.45) is 4.46. The van der Waals surface area contributed by atoms with Crippen molar-refractivity contribution in [3.8, 4) is 16.9 Å². The molecule has 5 heteroatoms. The van der Waals surface area contributed by atoms with E-state index in [1.807, 2.05) is 37.3 Å². The highest BCUT2D eigenvalue weighted by Crippen LogP contribution is 2.35. The van der Waals surface area contributed by atoms with Crippen molar-refractivity contribution in [3.05, 3.63) is 89.5 Å². The standard InChI is InChI=1S/C20H16F2O.C7H12O2/c1-14-10-11-18(21)17(12-14)16-8-5-9-19(22)20(16)23-13-15-6-3-2-4-7-15;1-9-7(8)6-4-2-3-5-6/h2-12H,13H2,1H3;6H,2-5H2,1H3. The molecular formula is C27H28F2O3.